The topological polar surface area (TPSA) is 97.3 Å². The molecule has 30 heavy (non-hydrogen) atoms. The Balaban J connectivity index is 0.00000450. The molecule has 0 amide bonds. The van der Waals surface area contributed by atoms with Crippen LogP contribution in [-0.2, 0) is 10.0 Å². The zero-order valence-electron chi connectivity index (χ0n) is 17.2. The average Bonchev–Trinajstić information content (AvgIpc) is 2.66. The second-order valence-corrected chi connectivity index (χ2v) is 9.38. The van der Waals surface area contributed by atoms with E-state index < -0.39 is 15.5 Å². The first-order valence-electron chi connectivity index (χ1n) is 10.1. The van der Waals surface area contributed by atoms with Gasteiger partial charge < -0.3 is 20.6 Å². The SMILES string of the molecule is CCNC(=NCCCN1CCC(O)CC1)NC1CCN(S(=O)(=O)C(F)(F)F)CC1.I. The highest BCUT2D eigenvalue weighted by molar-refractivity contribution is 14.0. The van der Waals surface area contributed by atoms with Crippen molar-refractivity contribution in [3.8, 4) is 0 Å². The number of halogens is 4. The molecule has 13 heteroatoms. The van der Waals surface area contributed by atoms with Gasteiger partial charge in [0.2, 0.25) is 0 Å². The van der Waals surface area contributed by atoms with E-state index in [1.165, 1.54) is 0 Å². The van der Waals surface area contributed by atoms with Crippen LogP contribution < -0.4 is 10.6 Å². The van der Waals surface area contributed by atoms with Crippen LogP contribution in [0.5, 0.6) is 0 Å². The van der Waals surface area contributed by atoms with Gasteiger partial charge in [0.25, 0.3) is 0 Å². The number of nitrogens with zero attached hydrogens (tertiary/aromatic N) is 3. The molecule has 2 heterocycles. The Morgan fingerprint density at radius 1 is 1.13 bits per heavy atom. The lowest BCUT2D eigenvalue weighted by Crippen LogP contribution is -2.51. The summed E-state index contributed by atoms with van der Waals surface area (Å²) in [5.74, 6) is 0.596. The lowest BCUT2D eigenvalue weighted by molar-refractivity contribution is -0.0494. The molecule has 178 valence electrons. The zero-order valence-corrected chi connectivity index (χ0v) is 20.3. The summed E-state index contributed by atoms with van der Waals surface area (Å²) in [6.45, 7) is 5.54. The maximum Gasteiger partial charge on any atom is 0.511 e. The number of hydrogen-bond donors (Lipinski definition) is 3. The fourth-order valence-electron chi connectivity index (χ4n) is 3.53. The van der Waals surface area contributed by atoms with E-state index in [-0.39, 0.29) is 62.1 Å². The molecule has 2 rings (SSSR count). The molecule has 2 fully saturated rings. The molecule has 0 radical (unpaired) electrons. The molecule has 0 bridgehead atoms. The molecule has 0 atom stereocenters. The first-order chi connectivity index (χ1) is 13.6. The van der Waals surface area contributed by atoms with Gasteiger partial charge in [0.15, 0.2) is 5.96 Å². The van der Waals surface area contributed by atoms with Crippen molar-refractivity contribution in [1.82, 2.24) is 19.8 Å². The van der Waals surface area contributed by atoms with Crippen molar-refractivity contribution in [2.75, 3.05) is 45.8 Å². The Morgan fingerprint density at radius 3 is 2.27 bits per heavy atom. The van der Waals surface area contributed by atoms with E-state index in [0.717, 1.165) is 38.9 Å². The number of likely N-dealkylation sites (tertiary alicyclic amines) is 1. The molecule has 3 N–H and O–H groups in total. The average molecular weight is 571 g/mol. The van der Waals surface area contributed by atoms with Gasteiger partial charge in [-0.1, -0.05) is 0 Å². The van der Waals surface area contributed by atoms with Crippen molar-refractivity contribution in [3.05, 3.63) is 0 Å². The second-order valence-electron chi connectivity index (χ2n) is 7.46. The number of hydrogen-bond acceptors (Lipinski definition) is 5. The van der Waals surface area contributed by atoms with Crippen molar-refractivity contribution in [2.45, 2.75) is 56.7 Å². The van der Waals surface area contributed by atoms with E-state index in [0.29, 0.717) is 23.4 Å². The van der Waals surface area contributed by atoms with Gasteiger partial charge in [-0.05, 0) is 45.6 Å². The van der Waals surface area contributed by atoms with E-state index in [1.54, 1.807) is 0 Å². The minimum absolute atomic E-state index is 0. The molecule has 2 aliphatic rings. The van der Waals surface area contributed by atoms with E-state index in [2.05, 4.69) is 20.5 Å². The Bertz CT molecular complexity index is 635. The fraction of sp³-hybridized carbons (Fsp3) is 0.941. The molecule has 0 aromatic carbocycles. The van der Waals surface area contributed by atoms with E-state index >= 15 is 0 Å². The third-order valence-corrected chi connectivity index (χ3v) is 6.86. The predicted octanol–water partition coefficient (Wildman–Crippen LogP) is 1.32. The summed E-state index contributed by atoms with van der Waals surface area (Å²) >= 11 is 0. The van der Waals surface area contributed by atoms with Gasteiger partial charge in [0.05, 0.1) is 6.10 Å². The van der Waals surface area contributed by atoms with Crippen LogP contribution in [0.4, 0.5) is 13.2 Å². The fourth-order valence-corrected chi connectivity index (χ4v) is 4.51. The van der Waals surface area contributed by atoms with Crippen LogP contribution in [0.1, 0.15) is 39.0 Å². The van der Waals surface area contributed by atoms with Crippen LogP contribution in [0, 0.1) is 0 Å². The van der Waals surface area contributed by atoms with E-state index in [4.69, 9.17) is 0 Å². The quantitative estimate of drug-likeness (QED) is 0.185. The smallest absolute Gasteiger partial charge is 0.393 e. The minimum Gasteiger partial charge on any atom is -0.393 e. The van der Waals surface area contributed by atoms with Gasteiger partial charge in [-0.25, -0.2) is 8.42 Å². The summed E-state index contributed by atoms with van der Waals surface area (Å²) in [5, 5.41) is 15.9. The van der Waals surface area contributed by atoms with E-state index in [9.17, 15) is 26.7 Å². The highest BCUT2D eigenvalue weighted by atomic mass is 127. The zero-order chi connectivity index (χ0) is 21.5. The maximum atomic E-state index is 12.7. The van der Waals surface area contributed by atoms with Gasteiger partial charge in [-0.15, -0.1) is 24.0 Å². The molecule has 2 saturated heterocycles. The monoisotopic (exact) mass is 571 g/mol. The Hall–Kier alpha value is -0.380. The molecule has 0 aromatic heterocycles. The number of piperidine rings is 2. The molecule has 0 saturated carbocycles. The van der Waals surface area contributed by atoms with Crippen molar-refractivity contribution in [1.29, 1.82) is 0 Å². The largest absolute Gasteiger partial charge is 0.511 e. The summed E-state index contributed by atoms with van der Waals surface area (Å²) in [6.07, 6.45) is 2.86. The minimum atomic E-state index is -5.25. The lowest BCUT2D eigenvalue weighted by atomic mass is 10.1. The van der Waals surface area contributed by atoms with Crippen molar-refractivity contribution in [3.63, 3.8) is 0 Å². The number of rotatable bonds is 7. The van der Waals surface area contributed by atoms with Gasteiger partial charge in [0.1, 0.15) is 0 Å². The molecular formula is C17H33F3IN5O3S. The first kappa shape index (κ1) is 27.7. The maximum absolute atomic E-state index is 12.7. The molecule has 0 spiro atoms. The van der Waals surface area contributed by atoms with Gasteiger partial charge in [0, 0.05) is 45.3 Å². The van der Waals surface area contributed by atoms with Crippen LogP contribution in [0.2, 0.25) is 0 Å². The summed E-state index contributed by atoms with van der Waals surface area (Å²) in [4.78, 5) is 6.83. The Morgan fingerprint density at radius 2 is 1.73 bits per heavy atom. The summed E-state index contributed by atoms with van der Waals surface area (Å²) in [5.41, 5.74) is -5.25. The van der Waals surface area contributed by atoms with Gasteiger partial charge in [-0.3, -0.25) is 4.99 Å². The molecular weight excluding hydrogens is 538 g/mol. The van der Waals surface area contributed by atoms with E-state index in [1.807, 2.05) is 6.92 Å². The van der Waals surface area contributed by atoms with Crippen LogP contribution in [0.15, 0.2) is 4.99 Å². The molecule has 0 aromatic rings. The molecule has 8 nitrogen and oxygen atoms in total. The number of aliphatic hydroxyl groups excluding tert-OH is 1. The van der Waals surface area contributed by atoms with Gasteiger partial charge >= 0.3 is 15.5 Å². The second kappa shape index (κ2) is 12.6. The summed E-state index contributed by atoms with van der Waals surface area (Å²) in [7, 11) is -5.25. The number of guanidine groups is 1. The van der Waals surface area contributed by atoms with Gasteiger partial charge in [-0.2, -0.15) is 17.5 Å². The van der Waals surface area contributed by atoms with Crippen LogP contribution in [0.3, 0.4) is 0 Å². The number of sulfonamides is 1. The lowest BCUT2D eigenvalue weighted by Gasteiger charge is -2.32. The Labute approximate surface area is 193 Å². The number of aliphatic imine (C=N–C) groups is 1. The summed E-state index contributed by atoms with van der Waals surface area (Å²) < 4.78 is 61.5. The molecule has 0 aliphatic carbocycles. The van der Waals surface area contributed by atoms with Crippen LogP contribution in [0.25, 0.3) is 0 Å². The van der Waals surface area contributed by atoms with Crippen molar-refractivity contribution >= 4 is 40.0 Å². The van der Waals surface area contributed by atoms with Crippen molar-refractivity contribution < 1.29 is 26.7 Å². The van der Waals surface area contributed by atoms with Crippen LogP contribution in [-0.4, -0.2) is 92.2 Å². The highest BCUT2D eigenvalue weighted by Gasteiger charge is 2.50. The first-order valence-corrected chi connectivity index (χ1v) is 11.6. The predicted molar refractivity (Wildman–Crippen MR) is 120 cm³/mol. The summed E-state index contributed by atoms with van der Waals surface area (Å²) in [6, 6.07) is -0.129. The standard InChI is InChI=1S/C17H32F3N5O3S.HI/c1-2-21-16(22-8-3-9-24-10-6-15(26)7-11-24)23-14-4-12-25(13-5-14)29(27,28)17(18,19)20;/h14-15,26H,2-13H2,1H3,(H2,21,22,23);1H. The normalized spacial score (nSPS) is 21.3. The Kier molecular flexibility index (Phi) is 11.6. The number of aliphatic hydroxyl groups is 1. The number of nitrogens with one attached hydrogen (secondary N) is 2. The molecule has 2 aliphatic heterocycles. The third kappa shape index (κ3) is 8.28. The number of alkyl halides is 3. The molecule has 0 unspecified atom stereocenters. The van der Waals surface area contributed by atoms with Crippen LogP contribution >= 0.6 is 24.0 Å². The highest BCUT2D eigenvalue weighted by Crippen LogP contribution is 2.28. The van der Waals surface area contributed by atoms with Crippen molar-refractivity contribution in [2.24, 2.45) is 4.99 Å². The third-order valence-electron chi connectivity index (χ3n) is 5.23.